The average Bonchev–Trinajstić information content (AvgIpc) is 2.59. The molecule has 0 unspecified atom stereocenters. The Morgan fingerprint density at radius 2 is 1.54 bits per heavy atom. The van der Waals surface area contributed by atoms with E-state index in [1.165, 1.54) is 18.2 Å². The molecule has 128 valence electrons. The van der Waals surface area contributed by atoms with Crippen molar-refractivity contribution in [1.29, 1.82) is 0 Å². The quantitative estimate of drug-likeness (QED) is 0.795. The van der Waals surface area contributed by atoms with Gasteiger partial charge in [0.05, 0.1) is 12.7 Å². The number of carbonyl (C=O) groups excluding carboxylic acids is 1. The lowest BCUT2D eigenvalue weighted by molar-refractivity contribution is 0.0600. The lowest BCUT2D eigenvalue weighted by Crippen LogP contribution is -2.26. The van der Waals surface area contributed by atoms with Crippen molar-refractivity contribution in [3.63, 3.8) is 0 Å². The van der Waals surface area contributed by atoms with Crippen molar-refractivity contribution in [2.24, 2.45) is 0 Å². The molecule has 24 heavy (non-hydrogen) atoms. The maximum Gasteiger partial charge on any atom is 0.338 e. The molecule has 1 N–H and O–H groups in total. The highest BCUT2D eigenvalue weighted by atomic mass is 16.5. The fourth-order valence-corrected chi connectivity index (χ4v) is 3.49. The number of esters is 1. The number of phenols is 1. The highest BCUT2D eigenvalue weighted by Gasteiger charge is 2.31. The summed E-state index contributed by atoms with van der Waals surface area (Å²) in [4.78, 5) is 11.8. The Hall–Kier alpha value is -2.29. The van der Waals surface area contributed by atoms with Gasteiger partial charge in [0.2, 0.25) is 0 Å². The van der Waals surface area contributed by atoms with Gasteiger partial charge in [-0.3, -0.25) is 0 Å². The normalized spacial score (nSPS) is 11.4. The molecule has 0 fully saturated rings. The summed E-state index contributed by atoms with van der Waals surface area (Å²) in [6, 6.07) is 11.8. The SMILES string of the molecule is CCC(CC)(c1ccc(O)c(C)c1)c1ccc(C(=O)OC)c(C)c1. The van der Waals surface area contributed by atoms with Crippen molar-refractivity contribution in [2.75, 3.05) is 7.11 Å². The minimum absolute atomic E-state index is 0.141. The van der Waals surface area contributed by atoms with Crippen LogP contribution in [0.5, 0.6) is 5.75 Å². The first kappa shape index (κ1) is 18.1. The summed E-state index contributed by atoms with van der Waals surface area (Å²) in [6.07, 6.45) is 1.87. The minimum Gasteiger partial charge on any atom is -0.508 e. The van der Waals surface area contributed by atoms with Gasteiger partial charge < -0.3 is 9.84 Å². The van der Waals surface area contributed by atoms with Crippen molar-refractivity contribution < 1.29 is 14.6 Å². The van der Waals surface area contributed by atoms with Gasteiger partial charge in [-0.15, -0.1) is 0 Å². The molecule has 0 aliphatic heterocycles. The van der Waals surface area contributed by atoms with Crippen LogP contribution in [0, 0.1) is 13.8 Å². The molecule has 0 bridgehead atoms. The third kappa shape index (κ3) is 3.03. The summed E-state index contributed by atoms with van der Waals surface area (Å²) in [5.74, 6) is 0.00945. The van der Waals surface area contributed by atoms with Gasteiger partial charge >= 0.3 is 5.97 Å². The van der Waals surface area contributed by atoms with E-state index in [4.69, 9.17) is 4.74 Å². The van der Waals surface area contributed by atoms with Crippen LogP contribution in [0.25, 0.3) is 0 Å². The third-order valence-electron chi connectivity index (χ3n) is 5.14. The van der Waals surface area contributed by atoms with Crippen LogP contribution in [0.2, 0.25) is 0 Å². The maximum absolute atomic E-state index is 11.8. The molecule has 0 saturated heterocycles. The van der Waals surface area contributed by atoms with Crippen LogP contribution in [-0.2, 0) is 10.2 Å². The lowest BCUT2D eigenvalue weighted by atomic mass is 9.70. The van der Waals surface area contributed by atoms with Crippen LogP contribution >= 0.6 is 0 Å². The largest absolute Gasteiger partial charge is 0.508 e. The molecular weight excluding hydrogens is 300 g/mol. The summed E-state index contributed by atoms with van der Waals surface area (Å²) in [5.41, 5.74) is 4.63. The molecule has 3 nitrogen and oxygen atoms in total. The van der Waals surface area contributed by atoms with Gasteiger partial charge in [-0.05, 0) is 61.1 Å². The molecule has 0 atom stereocenters. The summed E-state index contributed by atoms with van der Waals surface area (Å²) < 4.78 is 4.84. The van der Waals surface area contributed by atoms with E-state index < -0.39 is 0 Å². The first-order valence-electron chi connectivity index (χ1n) is 8.39. The van der Waals surface area contributed by atoms with Crippen molar-refractivity contribution in [1.82, 2.24) is 0 Å². The van der Waals surface area contributed by atoms with E-state index in [2.05, 4.69) is 26.0 Å². The molecule has 2 rings (SSSR count). The van der Waals surface area contributed by atoms with Gasteiger partial charge in [0, 0.05) is 5.41 Å². The van der Waals surface area contributed by atoms with Crippen molar-refractivity contribution in [2.45, 2.75) is 46.0 Å². The number of benzene rings is 2. The minimum atomic E-state index is -0.307. The van der Waals surface area contributed by atoms with Gasteiger partial charge in [0.25, 0.3) is 0 Å². The zero-order chi connectivity index (χ0) is 17.9. The molecule has 3 heteroatoms. The van der Waals surface area contributed by atoms with E-state index in [1.807, 2.05) is 32.0 Å². The lowest BCUT2D eigenvalue weighted by Gasteiger charge is -2.34. The van der Waals surface area contributed by atoms with Crippen molar-refractivity contribution in [3.05, 3.63) is 64.2 Å². The second-order valence-corrected chi connectivity index (χ2v) is 6.31. The zero-order valence-electron chi connectivity index (χ0n) is 15.1. The summed E-state index contributed by atoms with van der Waals surface area (Å²) in [5, 5.41) is 9.84. The molecule has 0 amide bonds. The Bertz CT molecular complexity index is 743. The second kappa shape index (κ2) is 7.08. The van der Waals surface area contributed by atoms with E-state index in [-0.39, 0.29) is 11.4 Å². The fourth-order valence-electron chi connectivity index (χ4n) is 3.49. The van der Waals surface area contributed by atoms with Gasteiger partial charge in [-0.1, -0.05) is 38.1 Å². The molecule has 0 aliphatic rings. The Morgan fingerprint density at radius 3 is 2.00 bits per heavy atom. The van der Waals surface area contributed by atoms with Gasteiger partial charge in [0.15, 0.2) is 0 Å². The number of aromatic hydroxyl groups is 1. The number of hydrogen-bond donors (Lipinski definition) is 1. The molecule has 0 heterocycles. The topological polar surface area (TPSA) is 46.5 Å². The zero-order valence-corrected chi connectivity index (χ0v) is 15.1. The molecule has 0 spiro atoms. The first-order chi connectivity index (χ1) is 11.4. The third-order valence-corrected chi connectivity index (χ3v) is 5.14. The van der Waals surface area contributed by atoms with E-state index in [1.54, 1.807) is 6.07 Å². The summed E-state index contributed by atoms with van der Waals surface area (Å²) in [6.45, 7) is 8.21. The molecule has 0 aliphatic carbocycles. The standard InChI is InChI=1S/C21H26O3/c1-6-21(7-2,17-9-11-19(22)15(4)13-17)16-8-10-18(14(3)12-16)20(23)24-5/h8-13,22H,6-7H2,1-5H3. The first-order valence-corrected chi connectivity index (χ1v) is 8.39. The van der Waals surface area contributed by atoms with Crippen LogP contribution in [0.3, 0.4) is 0 Å². The van der Waals surface area contributed by atoms with Crippen LogP contribution in [0.4, 0.5) is 0 Å². The van der Waals surface area contributed by atoms with Gasteiger partial charge in [-0.25, -0.2) is 4.79 Å². The molecule has 0 radical (unpaired) electrons. The number of carbonyl (C=O) groups is 1. The van der Waals surface area contributed by atoms with Crippen molar-refractivity contribution in [3.8, 4) is 5.75 Å². The molecule has 0 aromatic heterocycles. The molecular formula is C21H26O3. The number of rotatable bonds is 5. The number of hydrogen-bond acceptors (Lipinski definition) is 3. The molecule has 0 saturated carbocycles. The average molecular weight is 326 g/mol. The highest BCUT2D eigenvalue weighted by Crippen LogP contribution is 2.40. The van der Waals surface area contributed by atoms with E-state index in [9.17, 15) is 9.90 Å². The highest BCUT2D eigenvalue weighted by molar-refractivity contribution is 5.91. The van der Waals surface area contributed by atoms with Gasteiger partial charge in [0.1, 0.15) is 5.75 Å². The second-order valence-electron chi connectivity index (χ2n) is 6.31. The van der Waals surface area contributed by atoms with Crippen LogP contribution in [0.1, 0.15) is 59.3 Å². The van der Waals surface area contributed by atoms with Crippen molar-refractivity contribution >= 4 is 5.97 Å². The Morgan fingerprint density at radius 1 is 1.00 bits per heavy atom. The van der Waals surface area contributed by atoms with Crippen LogP contribution in [-0.4, -0.2) is 18.2 Å². The fraction of sp³-hybridized carbons (Fsp3) is 0.381. The molecule has 2 aromatic carbocycles. The number of aryl methyl sites for hydroxylation is 2. The Labute approximate surface area is 144 Å². The molecule has 2 aromatic rings. The van der Waals surface area contributed by atoms with Gasteiger partial charge in [-0.2, -0.15) is 0 Å². The number of phenolic OH excluding ortho intramolecular Hbond substituents is 1. The van der Waals surface area contributed by atoms with E-state index in [0.29, 0.717) is 11.3 Å². The number of ether oxygens (including phenoxy) is 1. The predicted octanol–water partition coefficient (Wildman–Crippen LogP) is 4.90. The summed E-state index contributed by atoms with van der Waals surface area (Å²) in [7, 11) is 1.40. The number of methoxy groups -OCH3 is 1. The maximum atomic E-state index is 11.8. The monoisotopic (exact) mass is 326 g/mol. The predicted molar refractivity (Wildman–Crippen MR) is 96.7 cm³/mol. The summed E-state index contributed by atoms with van der Waals surface area (Å²) >= 11 is 0. The Kier molecular flexibility index (Phi) is 5.33. The smallest absolute Gasteiger partial charge is 0.338 e. The van der Waals surface area contributed by atoms with Crippen LogP contribution in [0.15, 0.2) is 36.4 Å². The van der Waals surface area contributed by atoms with E-state index >= 15 is 0 Å². The van der Waals surface area contributed by atoms with Crippen LogP contribution < -0.4 is 0 Å². The Balaban J connectivity index is 2.60. The van der Waals surface area contributed by atoms with E-state index in [0.717, 1.165) is 24.0 Å².